The molecule has 0 aromatic carbocycles. The van der Waals surface area contributed by atoms with Crippen LogP contribution in [0.3, 0.4) is 0 Å². The van der Waals surface area contributed by atoms with Gasteiger partial charge in [-0.2, -0.15) is 0 Å². The first-order valence-electron chi connectivity index (χ1n) is 5.68. The van der Waals surface area contributed by atoms with E-state index in [2.05, 4.69) is 0 Å². The second kappa shape index (κ2) is 4.97. The van der Waals surface area contributed by atoms with Crippen molar-refractivity contribution >= 4 is 0 Å². The molecule has 0 bridgehead atoms. The Morgan fingerprint density at radius 3 is 2.54 bits per heavy atom. The van der Waals surface area contributed by atoms with Crippen LogP contribution in [-0.2, 0) is 9.47 Å². The van der Waals surface area contributed by atoms with Crippen LogP contribution in [0.2, 0.25) is 0 Å². The third-order valence-electron chi connectivity index (χ3n) is 3.09. The van der Waals surface area contributed by atoms with E-state index in [1.807, 2.05) is 0 Å². The van der Waals surface area contributed by atoms with Crippen LogP contribution >= 0.6 is 0 Å². The largest absolute Gasteiger partial charge is 0.376 e. The predicted octanol–water partition coefficient (Wildman–Crippen LogP) is 2.51. The van der Waals surface area contributed by atoms with Gasteiger partial charge in [0.1, 0.15) is 0 Å². The van der Waals surface area contributed by atoms with Crippen LogP contribution in [0.4, 0.5) is 0 Å². The number of ether oxygens (including phenoxy) is 2. The maximum Gasteiger partial charge on any atom is 0.0809 e. The van der Waals surface area contributed by atoms with Crippen molar-refractivity contribution in [1.29, 1.82) is 0 Å². The highest BCUT2D eigenvalue weighted by Gasteiger charge is 2.19. The maximum atomic E-state index is 5.84. The molecule has 2 nitrogen and oxygen atoms in total. The zero-order chi connectivity index (χ0) is 8.93. The average Bonchev–Trinajstić information content (AvgIpc) is 2.69. The monoisotopic (exact) mass is 184 g/mol. The first kappa shape index (κ1) is 9.47. The summed E-state index contributed by atoms with van der Waals surface area (Å²) in [6.07, 6.45) is 10.0. The molecule has 13 heavy (non-hydrogen) atoms. The van der Waals surface area contributed by atoms with Gasteiger partial charge in [-0.3, -0.25) is 0 Å². The summed E-state index contributed by atoms with van der Waals surface area (Å²) in [4.78, 5) is 0. The van der Waals surface area contributed by atoms with E-state index in [0.717, 1.165) is 13.2 Å². The van der Waals surface area contributed by atoms with Crippen LogP contribution in [0, 0.1) is 0 Å². The van der Waals surface area contributed by atoms with Gasteiger partial charge in [0.05, 0.1) is 18.8 Å². The van der Waals surface area contributed by atoms with Gasteiger partial charge in [0.25, 0.3) is 0 Å². The van der Waals surface area contributed by atoms with Crippen molar-refractivity contribution in [2.24, 2.45) is 0 Å². The molecular formula is C11H20O2. The summed E-state index contributed by atoms with van der Waals surface area (Å²) >= 11 is 0. The first-order valence-corrected chi connectivity index (χ1v) is 5.68. The zero-order valence-electron chi connectivity index (χ0n) is 8.34. The predicted molar refractivity (Wildman–Crippen MR) is 51.8 cm³/mol. The minimum absolute atomic E-state index is 0.405. The van der Waals surface area contributed by atoms with Crippen molar-refractivity contribution in [3.8, 4) is 0 Å². The summed E-state index contributed by atoms with van der Waals surface area (Å²) in [6, 6.07) is 0. The quantitative estimate of drug-likeness (QED) is 0.671. The maximum absolute atomic E-state index is 5.84. The highest BCUT2D eigenvalue weighted by molar-refractivity contribution is 4.68. The van der Waals surface area contributed by atoms with Crippen LogP contribution in [0.15, 0.2) is 0 Å². The molecule has 0 aromatic rings. The molecule has 1 aliphatic carbocycles. The molecular weight excluding hydrogens is 164 g/mol. The fourth-order valence-electron chi connectivity index (χ4n) is 2.25. The van der Waals surface area contributed by atoms with Crippen molar-refractivity contribution in [2.75, 3.05) is 13.2 Å². The molecule has 2 rings (SSSR count). The Bertz CT molecular complexity index is 135. The molecule has 1 heterocycles. The van der Waals surface area contributed by atoms with Crippen molar-refractivity contribution in [2.45, 2.75) is 57.2 Å². The van der Waals surface area contributed by atoms with Crippen LogP contribution in [0.25, 0.3) is 0 Å². The molecule has 0 aromatic heterocycles. The van der Waals surface area contributed by atoms with Crippen molar-refractivity contribution in [1.82, 2.24) is 0 Å². The summed E-state index contributed by atoms with van der Waals surface area (Å²) in [6.45, 7) is 1.78. The first-order chi connectivity index (χ1) is 6.45. The average molecular weight is 184 g/mol. The fraction of sp³-hybridized carbons (Fsp3) is 1.00. The normalized spacial score (nSPS) is 30.9. The van der Waals surface area contributed by atoms with E-state index in [4.69, 9.17) is 9.47 Å². The molecule has 0 amide bonds. The van der Waals surface area contributed by atoms with E-state index in [9.17, 15) is 0 Å². The lowest BCUT2D eigenvalue weighted by molar-refractivity contribution is -0.0324. The van der Waals surface area contributed by atoms with Gasteiger partial charge in [0.2, 0.25) is 0 Å². The Morgan fingerprint density at radius 1 is 1.00 bits per heavy atom. The highest BCUT2D eigenvalue weighted by atomic mass is 16.5. The van der Waals surface area contributed by atoms with Gasteiger partial charge < -0.3 is 9.47 Å². The third kappa shape index (κ3) is 2.96. The number of hydrogen-bond acceptors (Lipinski definition) is 2. The summed E-state index contributed by atoms with van der Waals surface area (Å²) < 4.78 is 11.4. The van der Waals surface area contributed by atoms with Gasteiger partial charge in [-0.15, -0.1) is 0 Å². The Balaban J connectivity index is 1.60. The second-order valence-corrected chi connectivity index (χ2v) is 4.23. The van der Waals surface area contributed by atoms with Gasteiger partial charge in [0, 0.05) is 6.61 Å². The lowest BCUT2D eigenvalue weighted by atomic mass is 9.98. The van der Waals surface area contributed by atoms with Crippen LogP contribution in [0.5, 0.6) is 0 Å². The molecule has 2 fully saturated rings. The Hall–Kier alpha value is -0.0800. The minimum atomic E-state index is 0.405. The standard InChI is InChI=1S/C11H20O2/c1-2-5-10(6-3-1)13-9-11-7-4-8-12-11/h10-11H,1-9H2. The van der Waals surface area contributed by atoms with Gasteiger partial charge in [0.15, 0.2) is 0 Å². The van der Waals surface area contributed by atoms with Crippen LogP contribution < -0.4 is 0 Å². The molecule has 1 saturated carbocycles. The second-order valence-electron chi connectivity index (χ2n) is 4.23. The van der Waals surface area contributed by atoms with E-state index >= 15 is 0 Å². The fourth-order valence-corrected chi connectivity index (χ4v) is 2.25. The van der Waals surface area contributed by atoms with E-state index in [-0.39, 0.29) is 0 Å². The lowest BCUT2D eigenvalue weighted by Crippen LogP contribution is -2.23. The number of hydrogen-bond donors (Lipinski definition) is 0. The van der Waals surface area contributed by atoms with Crippen molar-refractivity contribution in [3.63, 3.8) is 0 Å². The Labute approximate surface area is 80.6 Å². The Kier molecular flexibility index (Phi) is 3.62. The number of rotatable bonds is 3. The SMILES string of the molecule is C1CCC(OCC2CCCO2)CC1. The molecule has 1 aliphatic heterocycles. The van der Waals surface area contributed by atoms with Crippen molar-refractivity contribution < 1.29 is 9.47 Å². The van der Waals surface area contributed by atoms with E-state index < -0.39 is 0 Å². The highest BCUT2D eigenvalue weighted by Crippen LogP contribution is 2.21. The molecule has 2 heteroatoms. The summed E-state index contributed by atoms with van der Waals surface area (Å²) in [5.41, 5.74) is 0. The van der Waals surface area contributed by atoms with Gasteiger partial charge in [-0.05, 0) is 25.7 Å². The molecule has 0 spiro atoms. The van der Waals surface area contributed by atoms with Gasteiger partial charge in [-0.1, -0.05) is 19.3 Å². The van der Waals surface area contributed by atoms with Gasteiger partial charge >= 0.3 is 0 Å². The van der Waals surface area contributed by atoms with Crippen LogP contribution in [0.1, 0.15) is 44.9 Å². The lowest BCUT2D eigenvalue weighted by Gasteiger charge is -2.23. The Morgan fingerprint density at radius 2 is 1.85 bits per heavy atom. The summed E-state index contributed by atoms with van der Waals surface area (Å²) in [5, 5.41) is 0. The molecule has 76 valence electrons. The minimum Gasteiger partial charge on any atom is -0.376 e. The van der Waals surface area contributed by atoms with E-state index in [1.54, 1.807) is 0 Å². The zero-order valence-corrected chi connectivity index (χ0v) is 8.34. The molecule has 2 aliphatic rings. The molecule has 0 radical (unpaired) electrons. The van der Waals surface area contributed by atoms with E-state index in [1.165, 1.54) is 44.9 Å². The van der Waals surface area contributed by atoms with Crippen LogP contribution in [-0.4, -0.2) is 25.4 Å². The van der Waals surface area contributed by atoms with Crippen molar-refractivity contribution in [3.05, 3.63) is 0 Å². The summed E-state index contributed by atoms with van der Waals surface area (Å²) in [7, 11) is 0. The summed E-state index contributed by atoms with van der Waals surface area (Å²) in [5.74, 6) is 0. The third-order valence-corrected chi connectivity index (χ3v) is 3.09. The smallest absolute Gasteiger partial charge is 0.0809 e. The molecule has 1 unspecified atom stereocenters. The molecule has 1 atom stereocenters. The molecule has 1 saturated heterocycles. The van der Waals surface area contributed by atoms with Gasteiger partial charge in [-0.25, -0.2) is 0 Å². The topological polar surface area (TPSA) is 18.5 Å². The molecule has 0 N–H and O–H groups in total. The van der Waals surface area contributed by atoms with E-state index in [0.29, 0.717) is 12.2 Å².